The van der Waals surface area contributed by atoms with Crippen LogP contribution in [0.5, 0.6) is 0 Å². The van der Waals surface area contributed by atoms with Gasteiger partial charge in [0, 0.05) is 31.7 Å². The fourth-order valence-electron chi connectivity index (χ4n) is 3.49. The summed E-state index contributed by atoms with van der Waals surface area (Å²) in [4.78, 5) is 5.29. The van der Waals surface area contributed by atoms with Crippen molar-refractivity contribution in [3.05, 3.63) is 0 Å². The molecule has 0 aromatic rings. The van der Waals surface area contributed by atoms with Crippen molar-refractivity contribution in [2.24, 2.45) is 5.73 Å². The van der Waals surface area contributed by atoms with Gasteiger partial charge < -0.3 is 10.8 Å². The number of aliphatic hydroxyl groups is 1. The van der Waals surface area contributed by atoms with Crippen LogP contribution in [0.2, 0.25) is 0 Å². The summed E-state index contributed by atoms with van der Waals surface area (Å²) in [6, 6.07) is 1.43. The lowest BCUT2D eigenvalue weighted by Crippen LogP contribution is -2.58. The lowest BCUT2D eigenvalue weighted by molar-refractivity contribution is 0.00756. The van der Waals surface area contributed by atoms with Gasteiger partial charge in [-0.1, -0.05) is 6.42 Å². The Hall–Kier alpha value is -0.160. The molecule has 3 unspecified atom stereocenters. The van der Waals surface area contributed by atoms with Gasteiger partial charge in [0.05, 0.1) is 5.60 Å². The van der Waals surface area contributed by atoms with E-state index in [2.05, 4.69) is 16.7 Å². The second-order valence-electron chi connectivity index (χ2n) is 6.79. The van der Waals surface area contributed by atoms with Gasteiger partial charge in [-0.15, -0.1) is 0 Å². The van der Waals surface area contributed by atoms with Crippen LogP contribution >= 0.6 is 0 Å². The third-order valence-corrected chi connectivity index (χ3v) is 4.92. The molecule has 0 saturated carbocycles. The first-order chi connectivity index (χ1) is 9.02. The SMILES string of the molecule is CC1CN2CCCCC2CN1CCCC(C)(O)CN. The number of hydrogen-bond acceptors (Lipinski definition) is 4. The summed E-state index contributed by atoms with van der Waals surface area (Å²) in [6.07, 6.45) is 5.99. The van der Waals surface area contributed by atoms with E-state index >= 15 is 0 Å². The summed E-state index contributed by atoms with van der Waals surface area (Å²) in [6.45, 7) is 9.37. The van der Waals surface area contributed by atoms with Crippen molar-refractivity contribution in [1.82, 2.24) is 9.80 Å². The Kier molecular flexibility index (Phi) is 5.23. The molecule has 0 aromatic heterocycles. The molecule has 0 amide bonds. The van der Waals surface area contributed by atoms with Crippen LogP contribution in [0.4, 0.5) is 0 Å². The lowest BCUT2D eigenvalue weighted by atomic mass is 9.96. The van der Waals surface area contributed by atoms with E-state index in [1.54, 1.807) is 0 Å². The van der Waals surface area contributed by atoms with Crippen molar-refractivity contribution in [2.75, 3.05) is 32.7 Å². The third kappa shape index (κ3) is 4.15. The smallest absolute Gasteiger partial charge is 0.0741 e. The summed E-state index contributed by atoms with van der Waals surface area (Å²) < 4.78 is 0. The van der Waals surface area contributed by atoms with Gasteiger partial charge in [-0.05, 0) is 52.6 Å². The average Bonchev–Trinajstić information content (AvgIpc) is 2.39. The lowest BCUT2D eigenvalue weighted by Gasteiger charge is -2.47. The van der Waals surface area contributed by atoms with Gasteiger partial charge in [0.1, 0.15) is 0 Å². The maximum atomic E-state index is 9.95. The van der Waals surface area contributed by atoms with E-state index in [-0.39, 0.29) is 0 Å². The zero-order valence-corrected chi connectivity index (χ0v) is 12.6. The molecule has 2 fully saturated rings. The number of nitrogens with zero attached hydrogens (tertiary/aromatic N) is 2. The Bertz CT molecular complexity index is 283. The van der Waals surface area contributed by atoms with Crippen molar-refractivity contribution in [2.45, 2.75) is 63.6 Å². The zero-order valence-electron chi connectivity index (χ0n) is 12.6. The Labute approximate surface area is 117 Å². The van der Waals surface area contributed by atoms with E-state index in [0.717, 1.165) is 25.4 Å². The van der Waals surface area contributed by atoms with Crippen molar-refractivity contribution in [3.63, 3.8) is 0 Å². The van der Waals surface area contributed by atoms with Gasteiger partial charge in [0.2, 0.25) is 0 Å². The van der Waals surface area contributed by atoms with Crippen LogP contribution in [-0.4, -0.2) is 65.3 Å². The second kappa shape index (κ2) is 6.53. The molecule has 3 atom stereocenters. The van der Waals surface area contributed by atoms with Crippen molar-refractivity contribution >= 4 is 0 Å². The number of piperidine rings is 1. The van der Waals surface area contributed by atoms with Gasteiger partial charge in [-0.25, -0.2) is 0 Å². The molecule has 19 heavy (non-hydrogen) atoms. The highest BCUT2D eigenvalue weighted by Crippen LogP contribution is 2.24. The topological polar surface area (TPSA) is 52.7 Å². The van der Waals surface area contributed by atoms with E-state index in [1.807, 2.05) is 6.92 Å². The Morgan fingerprint density at radius 2 is 2.11 bits per heavy atom. The first-order valence-corrected chi connectivity index (χ1v) is 7.92. The maximum Gasteiger partial charge on any atom is 0.0741 e. The monoisotopic (exact) mass is 269 g/mol. The minimum atomic E-state index is -0.685. The molecular weight excluding hydrogens is 238 g/mol. The third-order valence-electron chi connectivity index (χ3n) is 4.92. The molecule has 2 aliphatic heterocycles. The first kappa shape index (κ1) is 15.2. The number of nitrogens with two attached hydrogens (primary N) is 1. The fraction of sp³-hybridized carbons (Fsp3) is 1.00. The molecule has 2 heterocycles. The minimum absolute atomic E-state index is 0.360. The van der Waals surface area contributed by atoms with Crippen LogP contribution in [0.3, 0.4) is 0 Å². The fourth-order valence-corrected chi connectivity index (χ4v) is 3.49. The number of fused-ring (bicyclic) bond motifs is 1. The predicted octanol–water partition coefficient (Wildman–Crippen LogP) is 1.03. The molecule has 0 radical (unpaired) electrons. The van der Waals surface area contributed by atoms with Crippen molar-refractivity contribution in [3.8, 4) is 0 Å². The van der Waals surface area contributed by atoms with E-state index in [1.165, 1.54) is 38.9 Å². The summed E-state index contributed by atoms with van der Waals surface area (Å²) in [7, 11) is 0. The van der Waals surface area contributed by atoms with Crippen molar-refractivity contribution < 1.29 is 5.11 Å². The largest absolute Gasteiger partial charge is 0.389 e. The van der Waals surface area contributed by atoms with Crippen LogP contribution in [0, 0.1) is 0 Å². The average molecular weight is 269 g/mol. The highest BCUT2D eigenvalue weighted by molar-refractivity contribution is 4.89. The van der Waals surface area contributed by atoms with Gasteiger partial charge in [0.15, 0.2) is 0 Å². The molecule has 0 aliphatic carbocycles. The van der Waals surface area contributed by atoms with Gasteiger partial charge in [-0.2, -0.15) is 0 Å². The maximum absolute atomic E-state index is 9.95. The molecule has 0 aromatic carbocycles. The van der Waals surface area contributed by atoms with Gasteiger partial charge >= 0.3 is 0 Å². The van der Waals surface area contributed by atoms with Crippen LogP contribution in [-0.2, 0) is 0 Å². The number of rotatable bonds is 5. The molecule has 2 saturated heterocycles. The first-order valence-electron chi connectivity index (χ1n) is 7.92. The van der Waals surface area contributed by atoms with Crippen LogP contribution in [0.25, 0.3) is 0 Å². The van der Waals surface area contributed by atoms with Gasteiger partial charge in [-0.3, -0.25) is 9.80 Å². The molecule has 0 bridgehead atoms. The number of piperazine rings is 1. The van der Waals surface area contributed by atoms with Crippen LogP contribution < -0.4 is 5.73 Å². The summed E-state index contributed by atoms with van der Waals surface area (Å²) in [5, 5.41) is 9.95. The summed E-state index contributed by atoms with van der Waals surface area (Å²) in [5.74, 6) is 0. The molecule has 2 rings (SSSR count). The van der Waals surface area contributed by atoms with E-state index in [9.17, 15) is 5.11 Å². The second-order valence-corrected chi connectivity index (χ2v) is 6.79. The van der Waals surface area contributed by atoms with Gasteiger partial charge in [0.25, 0.3) is 0 Å². The molecule has 3 N–H and O–H groups in total. The Morgan fingerprint density at radius 3 is 2.84 bits per heavy atom. The molecule has 4 heteroatoms. The Morgan fingerprint density at radius 1 is 1.32 bits per heavy atom. The van der Waals surface area contributed by atoms with Crippen LogP contribution in [0.15, 0.2) is 0 Å². The Balaban J connectivity index is 1.77. The quantitative estimate of drug-likeness (QED) is 0.783. The number of hydrogen-bond donors (Lipinski definition) is 2. The highest BCUT2D eigenvalue weighted by Gasteiger charge is 2.32. The minimum Gasteiger partial charge on any atom is -0.389 e. The van der Waals surface area contributed by atoms with E-state index < -0.39 is 5.60 Å². The molecule has 4 nitrogen and oxygen atoms in total. The standard InChI is InChI=1S/C15H31N3O/c1-13-10-18-8-4-3-6-14(18)11-17(13)9-5-7-15(2,19)12-16/h13-14,19H,3-12,16H2,1-2H3. The summed E-state index contributed by atoms with van der Waals surface area (Å²) in [5.41, 5.74) is 4.89. The normalized spacial score (nSPS) is 32.8. The molecular formula is C15H31N3O. The van der Waals surface area contributed by atoms with Crippen LogP contribution in [0.1, 0.15) is 46.0 Å². The predicted molar refractivity (Wildman–Crippen MR) is 79.2 cm³/mol. The highest BCUT2D eigenvalue weighted by atomic mass is 16.3. The molecule has 112 valence electrons. The van der Waals surface area contributed by atoms with E-state index in [4.69, 9.17) is 5.73 Å². The zero-order chi connectivity index (χ0) is 13.9. The molecule has 2 aliphatic rings. The summed E-state index contributed by atoms with van der Waals surface area (Å²) >= 11 is 0. The van der Waals surface area contributed by atoms with Crippen molar-refractivity contribution in [1.29, 1.82) is 0 Å². The molecule has 0 spiro atoms. The van der Waals surface area contributed by atoms with E-state index in [0.29, 0.717) is 12.6 Å².